The monoisotopic (exact) mass is 272 g/mol. The molecule has 0 aromatic heterocycles. The topological polar surface area (TPSA) is 55.8 Å². The predicted molar refractivity (Wildman–Crippen MR) is 75.2 cm³/mol. The van der Waals surface area contributed by atoms with E-state index in [0.29, 0.717) is 30.1 Å². The van der Waals surface area contributed by atoms with Gasteiger partial charge in [-0.15, -0.1) is 0 Å². The van der Waals surface area contributed by atoms with Gasteiger partial charge >= 0.3 is 5.97 Å². The zero-order valence-corrected chi connectivity index (χ0v) is 11.2. The number of aliphatic carboxylic acids is 1. The van der Waals surface area contributed by atoms with Crippen LogP contribution in [-0.2, 0) is 9.53 Å². The Morgan fingerprint density at radius 1 is 1.10 bits per heavy atom. The number of carboxylic acids is 1. The Kier molecular flexibility index (Phi) is 4.60. The van der Waals surface area contributed by atoms with Crippen molar-refractivity contribution in [1.29, 1.82) is 0 Å². The molecule has 0 unspecified atom stereocenters. The molecule has 1 aromatic carbocycles. The summed E-state index contributed by atoms with van der Waals surface area (Å²) >= 11 is 0. The first kappa shape index (κ1) is 13.9. The summed E-state index contributed by atoms with van der Waals surface area (Å²) in [5.74, 6) is 0.649. The van der Waals surface area contributed by atoms with Crippen molar-refractivity contribution < 1.29 is 19.4 Å². The summed E-state index contributed by atoms with van der Waals surface area (Å²) in [5, 5.41) is 9.12. The van der Waals surface area contributed by atoms with Crippen LogP contribution in [0.3, 0.4) is 0 Å². The van der Waals surface area contributed by atoms with Gasteiger partial charge in [0.1, 0.15) is 5.75 Å². The van der Waals surface area contributed by atoms with E-state index >= 15 is 0 Å². The van der Waals surface area contributed by atoms with Crippen LogP contribution in [0.25, 0.3) is 0 Å². The molecule has 0 amide bonds. The minimum Gasteiger partial charge on any atom is -0.493 e. The lowest BCUT2D eigenvalue weighted by Crippen LogP contribution is -2.06. The number of allylic oxidation sites excluding steroid dienone is 2. The summed E-state index contributed by atoms with van der Waals surface area (Å²) in [7, 11) is 1.50. The van der Waals surface area contributed by atoms with E-state index in [0.717, 1.165) is 0 Å². The standard InChI is InChI=1S/C16H16O4/c1-19-15-11-12(16(17)18)7-5-6-10-14(15)20-13-8-3-2-4-9-13/h2-4,7-11H,5-6H2,1H3,(H,17,18). The van der Waals surface area contributed by atoms with Gasteiger partial charge in [-0.1, -0.05) is 24.3 Å². The number of hydrogen-bond donors (Lipinski definition) is 1. The van der Waals surface area contributed by atoms with Gasteiger partial charge in [0.15, 0.2) is 11.5 Å². The molecular formula is C16H16O4. The summed E-state index contributed by atoms with van der Waals surface area (Å²) in [6.07, 6.45) is 6.40. The average Bonchev–Trinajstić information content (AvgIpc) is 2.43. The Bertz CT molecular complexity index is 567. The van der Waals surface area contributed by atoms with Crippen LogP contribution in [-0.4, -0.2) is 18.2 Å². The highest BCUT2D eigenvalue weighted by Crippen LogP contribution is 2.23. The predicted octanol–water partition coefficient (Wildman–Crippen LogP) is 3.28. The van der Waals surface area contributed by atoms with Gasteiger partial charge in [0.05, 0.1) is 12.7 Å². The third-order valence-electron chi connectivity index (χ3n) is 2.83. The SMILES string of the molecule is COC1=CC(C(=O)O)=CCCC=C1Oc1ccccc1. The van der Waals surface area contributed by atoms with E-state index in [1.54, 1.807) is 6.08 Å². The van der Waals surface area contributed by atoms with Gasteiger partial charge in [-0.3, -0.25) is 0 Å². The molecule has 0 saturated heterocycles. The third-order valence-corrected chi connectivity index (χ3v) is 2.83. The highest BCUT2D eigenvalue weighted by molar-refractivity contribution is 5.90. The number of carbonyl (C=O) groups is 1. The smallest absolute Gasteiger partial charge is 0.335 e. The molecule has 1 N–H and O–H groups in total. The minimum absolute atomic E-state index is 0.212. The molecule has 1 aliphatic carbocycles. The Morgan fingerprint density at radius 2 is 1.80 bits per heavy atom. The zero-order chi connectivity index (χ0) is 14.4. The van der Waals surface area contributed by atoms with Gasteiger partial charge in [-0.25, -0.2) is 4.79 Å². The van der Waals surface area contributed by atoms with Gasteiger partial charge < -0.3 is 14.6 Å². The summed E-state index contributed by atoms with van der Waals surface area (Å²) in [6.45, 7) is 0. The van der Waals surface area contributed by atoms with Crippen molar-refractivity contribution >= 4 is 5.97 Å². The van der Waals surface area contributed by atoms with Gasteiger partial charge in [0, 0.05) is 0 Å². The molecule has 1 aromatic rings. The maximum atomic E-state index is 11.1. The molecule has 0 radical (unpaired) electrons. The van der Waals surface area contributed by atoms with Crippen LogP contribution in [0.5, 0.6) is 5.75 Å². The van der Waals surface area contributed by atoms with Crippen molar-refractivity contribution in [3.8, 4) is 5.75 Å². The number of hydrogen-bond acceptors (Lipinski definition) is 3. The molecule has 0 saturated carbocycles. The van der Waals surface area contributed by atoms with Crippen LogP contribution >= 0.6 is 0 Å². The third kappa shape index (κ3) is 3.51. The molecule has 4 heteroatoms. The van der Waals surface area contributed by atoms with Crippen molar-refractivity contribution in [3.63, 3.8) is 0 Å². The van der Waals surface area contributed by atoms with Crippen molar-refractivity contribution in [1.82, 2.24) is 0 Å². The van der Waals surface area contributed by atoms with Crippen LogP contribution in [0, 0.1) is 0 Å². The molecule has 0 aliphatic heterocycles. The number of benzene rings is 1. The maximum absolute atomic E-state index is 11.1. The van der Waals surface area contributed by atoms with E-state index in [1.165, 1.54) is 13.2 Å². The van der Waals surface area contributed by atoms with Crippen LogP contribution < -0.4 is 4.74 Å². The average molecular weight is 272 g/mol. The van der Waals surface area contributed by atoms with Gasteiger partial charge in [0.2, 0.25) is 0 Å². The zero-order valence-electron chi connectivity index (χ0n) is 11.2. The Morgan fingerprint density at radius 3 is 2.45 bits per heavy atom. The first-order valence-electron chi connectivity index (χ1n) is 6.33. The lowest BCUT2D eigenvalue weighted by molar-refractivity contribution is -0.132. The van der Waals surface area contributed by atoms with Crippen molar-refractivity contribution in [2.75, 3.05) is 7.11 Å². The number of ether oxygens (including phenoxy) is 2. The van der Waals surface area contributed by atoms with E-state index in [1.807, 2.05) is 36.4 Å². The van der Waals surface area contributed by atoms with E-state index in [9.17, 15) is 4.79 Å². The maximum Gasteiger partial charge on any atom is 0.335 e. The Labute approximate surface area is 117 Å². The van der Waals surface area contributed by atoms with E-state index in [2.05, 4.69) is 0 Å². The summed E-state index contributed by atoms with van der Waals surface area (Å²) in [6, 6.07) is 9.31. The van der Waals surface area contributed by atoms with E-state index in [-0.39, 0.29) is 5.57 Å². The first-order chi connectivity index (χ1) is 9.70. The molecule has 4 nitrogen and oxygen atoms in total. The van der Waals surface area contributed by atoms with Gasteiger partial charge in [-0.05, 0) is 37.1 Å². The van der Waals surface area contributed by atoms with Crippen molar-refractivity contribution in [2.45, 2.75) is 12.8 Å². The number of rotatable bonds is 4. The highest BCUT2D eigenvalue weighted by Gasteiger charge is 2.14. The molecule has 0 heterocycles. The van der Waals surface area contributed by atoms with Crippen LogP contribution in [0.4, 0.5) is 0 Å². The first-order valence-corrected chi connectivity index (χ1v) is 6.33. The van der Waals surface area contributed by atoms with Gasteiger partial charge in [-0.2, -0.15) is 0 Å². The summed E-state index contributed by atoms with van der Waals surface area (Å²) in [4.78, 5) is 11.1. The van der Waals surface area contributed by atoms with Gasteiger partial charge in [0.25, 0.3) is 0 Å². The van der Waals surface area contributed by atoms with Crippen LogP contribution in [0.1, 0.15) is 12.8 Å². The fraction of sp³-hybridized carbons (Fsp3) is 0.188. The molecule has 0 atom stereocenters. The molecule has 20 heavy (non-hydrogen) atoms. The second-order valence-corrected chi connectivity index (χ2v) is 4.24. The fourth-order valence-corrected chi connectivity index (χ4v) is 1.84. The number of methoxy groups -OCH3 is 1. The number of carboxylic acid groups (broad SMARTS) is 1. The lowest BCUT2D eigenvalue weighted by Gasteiger charge is -2.14. The summed E-state index contributed by atoms with van der Waals surface area (Å²) in [5.41, 5.74) is 0.212. The van der Waals surface area contributed by atoms with Crippen molar-refractivity contribution in [2.24, 2.45) is 0 Å². The molecule has 0 spiro atoms. The molecule has 0 bridgehead atoms. The van der Waals surface area contributed by atoms with Crippen LogP contribution in [0.2, 0.25) is 0 Å². The Balaban J connectivity index is 2.29. The van der Waals surface area contributed by atoms with E-state index in [4.69, 9.17) is 14.6 Å². The molecule has 1 aliphatic rings. The molecule has 104 valence electrons. The highest BCUT2D eigenvalue weighted by atomic mass is 16.5. The fourth-order valence-electron chi connectivity index (χ4n) is 1.84. The largest absolute Gasteiger partial charge is 0.493 e. The molecular weight excluding hydrogens is 256 g/mol. The lowest BCUT2D eigenvalue weighted by atomic mass is 10.1. The second kappa shape index (κ2) is 6.61. The Hall–Kier alpha value is -2.49. The molecule has 2 rings (SSSR count). The van der Waals surface area contributed by atoms with E-state index < -0.39 is 5.97 Å². The summed E-state index contributed by atoms with van der Waals surface area (Å²) < 4.78 is 11.0. The molecule has 0 fully saturated rings. The normalized spacial score (nSPS) is 15.2. The second-order valence-electron chi connectivity index (χ2n) is 4.24. The van der Waals surface area contributed by atoms with Crippen molar-refractivity contribution in [3.05, 3.63) is 65.7 Å². The quantitative estimate of drug-likeness (QED) is 0.913. The van der Waals surface area contributed by atoms with Crippen LogP contribution in [0.15, 0.2) is 65.7 Å². The number of para-hydroxylation sites is 1. The minimum atomic E-state index is -0.972.